The lowest BCUT2D eigenvalue weighted by atomic mass is 9.89. The van der Waals surface area contributed by atoms with Crippen molar-refractivity contribution in [3.63, 3.8) is 0 Å². The molecule has 7 nitrogen and oxygen atoms in total. The average Bonchev–Trinajstić information content (AvgIpc) is 2.99. The molecule has 3 rings (SSSR count). The Balaban J connectivity index is 1.82. The third-order valence-corrected chi connectivity index (χ3v) is 5.27. The van der Waals surface area contributed by atoms with Crippen LogP contribution < -0.4 is 4.90 Å². The smallest absolute Gasteiger partial charge is 0.307 e. The Hall–Kier alpha value is -2.59. The quantitative estimate of drug-likeness (QED) is 0.443. The largest absolute Gasteiger partial charge is 0.466 e. The second kappa shape index (κ2) is 8.40. The van der Waals surface area contributed by atoms with Crippen molar-refractivity contribution in [2.75, 3.05) is 38.2 Å². The highest BCUT2D eigenvalue weighted by Gasteiger charge is 2.21. The minimum absolute atomic E-state index is 0.160. The van der Waals surface area contributed by atoms with Crippen LogP contribution in [0.1, 0.15) is 37.7 Å². The molecule has 0 radical (unpaired) electrons. The molecule has 0 N–H and O–H groups in total. The van der Waals surface area contributed by atoms with Gasteiger partial charge in [0.1, 0.15) is 0 Å². The lowest BCUT2D eigenvalue weighted by Crippen LogP contribution is -2.29. The highest BCUT2D eigenvalue weighted by atomic mass is 16.5. The number of anilines is 1. The number of esters is 1. The zero-order valence-corrected chi connectivity index (χ0v) is 16.3. The van der Waals surface area contributed by atoms with Crippen molar-refractivity contribution in [1.29, 1.82) is 5.26 Å². The molecule has 2 aromatic rings. The molecule has 0 amide bonds. The molecular weight excluding hydrogens is 342 g/mol. The van der Waals surface area contributed by atoms with Crippen LogP contribution in [0.5, 0.6) is 0 Å². The number of carbonyl (C=O) groups excluding carboxylic acids is 1. The predicted octanol–water partition coefficient (Wildman–Crippen LogP) is 2.62. The SMILES string of the molecule is CCOC(=O)CCN(C#N)c1nn(C)c2cc(C3CCN(C)CC3)ccc12. The third-order valence-electron chi connectivity index (χ3n) is 5.27. The fraction of sp³-hybridized carbons (Fsp3) is 0.550. The Bertz CT molecular complexity index is 846. The van der Waals surface area contributed by atoms with Crippen LogP contribution in [0, 0.1) is 11.5 Å². The number of rotatable bonds is 6. The van der Waals surface area contributed by atoms with Crippen molar-refractivity contribution < 1.29 is 9.53 Å². The molecule has 1 saturated heterocycles. The second-order valence-electron chi connectivity index (χ2n) is 7.11. The number of benzene rings is 1. The van der Waals surface area contributed by atoms with Gasteiger partial charge in [-0.1, -0.05) is 6.07 Å². The van der Waals surface area contributed by atoms with Gasteiger partial charge in [-0.3, -0.25) is 14.4 Å². The van der Waals surface area contributed by atoms with E-state index in [1.54, 1.807) is 6.92 Å². The summed E-state index contributed by atoms with van der Waals surface area (Å²) in [5, 5.41) is 15.0. The molecule has 27 heavy (non-hydrogen) atoms. The monoisotopic (exact) mass is 369 g/mol. The number of aryl methyl sites for hydroxylation is 1. The van der Waals surface area contributed by atoms with Crippen molar-refractivity contribution in [1.82, 2.24) is 14.7 Å². The van der Waals surface area contributed by atoms with E-state index in [1.165, 1.54) is 10.5 Å². The summed E-state index contributed by atoms with van der Waals surface area (Å²) in [6.07, 6.45) is 4.63. The zero-order valence-electron chi connectivity index (χ0n) is 16.3. The molecular formula is C20H27N5O2. The topological polar surface area (TPSA) is 74.4 Å². The number of nitriles is 1. The van der Waals surface area contributed by atoms with Crippen LogP contribution in [0.25, 0.3) is 10.9 Å². The Kier molecular flexibility index (Phi) is 5.97. The summed E-state index contributed by atoms with van der Waals surface area (Å²) in [6.45, 7) is 4.62. The van der Waals surface area contributed by atoms with Crippen LogP contribution in [0.2, 0.25) is 0 Å². The predicted molar refractivity (Wildman–Crippen MR) is 104 cm³/mol. The molecule has 2 heterocycles. The molecule has 0 atom stereocenters. The van der Waals surface area contributed by atoms with Crippen LogP contribution in [0.4, 0.5) is 5.82 Å². The van der Waals surface area contributed by atoms with Crippen molar-refractivity contribution >= 4 is 22.7 Å². The fourth-order valence-corrected chi connectivity index (χ4v) is 3.69. The molecule has 0 saturated carbocycles. The lowest BCUT2D eigenvalue weighted by Gasteiger charge is -2.29. The van der Waals surface area contributed by atoms with E-state index in [-0.39, 0.29) is 18.9 Å². The van der Waals surface area contributed by atoms with Gasteiger partial charge in [0.15, 0.2) is 12.0 Å². The summed E-state index contributed by atoms with van der Waals surface area (Å²) in [4.78, 5) is 15.5. The molecule has 0 spiro atoms. The second-order valence-corrected chi connectivity index (χ2v) is 7.11. The summed E-state index contributed by atoms with van der Waals surface area (Å²) in [5.41, 5.74) is 2.35. The van der Waals surface area contributed by atoms with Crippen LogP contribution in [-0.4, -0.2) is 53.9 Å². The van der Waals surface area contributed by atoms with Crippen molar-refractivity contribution in [2.45, 2.75) is 32.1 Å². The number of hydrogen-bond donors (Lipinski definition) is 0. The van der Waals surface area contributed by atoms with Crippen LogP contribution in [0.15, 0.2) is 18.2 Å². The summed E-state index contributed by atoms with van der Waals surface area (Å²) >= 11 is 0. The first kappa shape index (κ1) is 19.2. The van der Waals surface area contributed by atoms with Gasteiger partial charge in [0.2, 0.25) is 0 Å². The van der Waals surface area contributed by atoms with Gasteiger partial charge in [-0.05, 0) is 63.5 Å². The highest BCUT2D eigenvalue weighted by molar-refractivity contribution is 5.92. The first-order valence-electron chi connectivity index (χ1n) is 9.51. The highest BCUT2D eigenvalue weighted by Crippen LogP contribution is 2.32. The Morgan fingerprint density at radius 2 is 2.11 bits per heavy atom. The van der Waals surface area contributed by atoms with E-state index in [9.17, 15) is 10.1 Å². The number of nitrogens with zero attached hydrogens (tertiary/aromatic N) is 5. The van der Waals surface area contributed by atoms with E-state index >= 15 is 0 Å². The standard InChI is InChI=1S/C20H27N5O2/c1-4-27-19(26)9-12-25(14-21)20-17-6-5-16(13-18(17)24(3)22-20)15-7-10-23(2)11-8-15/h5-6,13,15H,4,7-12H2,1-3H3. The van der Waals surface area contributed by atoms with Crippen molar-refractivity contribution in [3.8, 4) is 6.19 Å². The van der Waals surface area contributed by atoms with Crippen molar-refractivity contribution in [2.24, 2.45) is 7.05 Å². The number of carbonyl (C=O) groups is 1. The summed E-state index contributed by atoms with van der Waals surface area (Å²) in [7, 11) is 4.06. The Labute approximate surface area is 160 Å². The normalized spacial score (nSPS) is 15.6. The molecule has 1 aliphatic rings. The van der Waals surface area contributed by atoms with Gasteiger partial charge in [-0.25, -0.2) is 0 Å². The number of hydrogen-bond acceptors (Lipinski definition) is 6. The molecule has 1 aromatic heterocycles. The van der Waals surface area contributed by atoms with Gasteiger partial charge in [0.05, 0.1) is 18.5 Å². The van der Waals surface area contributed by atoms with Gasteiger partial charge in [0.25, 0.3) is 0 Å². The first-order chi connectivity index (χ1) is 13.0. The molecule has 0 bridgehead atoms. The molecule has 0 unspecified atom stereocenters. The van der Waals surface area contributed by atoms with Crippen LogP contribution >= 0.6 is 0 Å². The minimum atomic E-state index is -0.303. The third kappa shape index (κ3) is 4.22. The minimum Gasteiger partial charge on any atom is -0.466 e. The zero-order chi connectivity index (χ0) is 19.4. The van der Waals surface area contributed by atoms with Gasteiger partial charge >= 0.3 is 5.97 Å². The van der Waals surface area contributed by atoms with Crippen LogP contribution in [0.3, 0.4) is 0 Å². The van der Waals surface area contributed by atoms with E-state index < -0.39 is 0 Å². The van der Waals surface area contributed by atoms with E-state index in [2.05, 4.69) is 41.4 Å². The maximum absolute atomic E-state index is 11.6. The molecule has 7 heteroatoms. The van der Waals surface area contributed by atoms with E-state index in [0.717, 1.165) is 36.8 Å². The maximum Gasteiger partial charge on any atom is 0.307 e. The van der Waals surface area contributed by atoms with Gasteiger partial charge in [-0.15, -0.1) is 0 Å². The van der Waals surface area contributed by atoms with E-state index in [0.29, 0.717) is 18.3 Å². The fourth-order valence-electron chi connectivity index (χ4n) is 3.69. The van der Waals surface area contributed by atoms with Crippen LogP contribution in [-0.2, 0) is 16.6 Å². The van der Waals surface area contributed by atoms with Crippen molar-refractivity contribution in [3.05, 3.63) is 23.8 Å². The summed E-state index contributed by atoms with van der Waals surface area (Å²) in [6, 6.07) is 6.41. The first-order valence-corrected chi connectivity index (χ1v) is 9.51. The number of aromatic nitrogens is 2. The molecule has 1 aromatic carbocycles. The average molecular weight is 369 g/mol. The Morgan fingerprint density at radius 1 is 1.37 bits per heavy atom. The number of ether oxygens (including phenoxy) is 1. The molecule has 1 fully saturated rings. The number of fused-ring (bicyclic) bond motifs is 1. The van der Waals surface area contributed by atoms with Gasteiger partial charge in [0, 0.05) is 19.0 Å². The summed E-state index contributed by atoms with van der Waals surface area (Å²) < 4.78 is 6.77. The molecule has 0 aliphatic carbocycles. The van der Waals surface area contributed by atoms with E-state index in [4.69, 9.17) is 4.74 Å². The van der Waals surface area contributed by atoms with E-state index in [1.807, 2.05) is 11.7 Å². The maximum atomic E-state index is 11.6. The lowest BCUT2D eigenvalue weighted by molar-refractivity contribution is -0.142. The molecule has 1 aliphatic heterocycles. The number of piperidine rings is 1. The number of likely N-dealkylation sites (tertiary alicyclic amines) is 1. The van der Waals surface area contributed by atoms with Gasteiger partial charge in [-0.2, -0.15) is 10.4 Å². The summed E-state index contributed by atoms with van der Waals surface area (Å²) in [5.74, 6) is 0.858. The Morgan fingerprint density at radius 3 is 2.78 bits per heavy atom. The molecule has 144 valence electrons. The van der Waals surface area contributed by atoms with Gasteiger partial charge < -0.3 is 9.64 Å².